The Morgan fingerprint density at radius 3 is 2.38 bits per heavy atom. The summed E-state index contributed by atoms with van der Waals surface area (Å²) < 4.78 is 20.5. The van der Waals surface area contributed by atoms with Crippen molar-refractivity contribution >= 4 is 23.1 Å². The summed E-state index contributed by atoms with van der Waals surface area (Å²) in [4.78, 5) is 35.1. The van der Waals surface area contributed by atoms with Crippen molar-refractivity contribution in [3.8, 4) is 11.5 Å². The fourth-order valence-electron chi connectivity index (χ4n) is 1.82. The molecule has 7 nitrogen and oxygen atoms in total. The highest BCUT2D eigenvalue weighted by Gasteiger charge is 2.19. The Balaban J connectivity index is 2.36. The number of benzene rings is 1. The number of fused-ring (bicyclic) bond motifs is 1. The average molecular weight is 360 g/mol. The Kier molecular flexibility index (Phi) is 5.50. The smallest absolute Gasteiger partial charge is 0.433 e. The van der Waals surface area contributed by atoms with Crippen molar-refractivity contribution in [3.63, 3.8) is 0 Å². The Hall–Kier alpha value is -3.09. The molecule has 0 aliphatic carbocycles. The first-order valence-electron chi connectivity index (χ1n) is 7.85. The standard InChI is InChI=1S/C19H20O7/c1-11(2)17(21)25-15-9-13-12(6-7-16(20)24-13)8-14(15)26-18(22)23-10-19(3,4)5/h6-9H,1,10H2,2-5H3. The van der Waals surface area contributed by atoms with Gasteiger partial charge in [0.2, 0.25) is 0 Å². The van der Waals surface area contributed by atoms with E-state index < -0.39 is 17.8 Å². The van der Waals surface area contributed by atoms with Gasteiger partial charge >= 0.3 is 17.8 Å². The van der Waals surface area contributed by atoms with E-state index in [1.54, 1.807) is 0 Å². The van der Waals surface area contributed by atoms with Gasteiger partial charge in [0.05, 0.1) is 6.61 Å². The monoisotopic (exact) mass is 360 g/mol. The van der Waals surface area contributed by atoms with Gasteiger partial charge in [0.1, 0.15) is 5.58 Å². The Bertz CT molecular complexity index is 916. The molecule has 1 aromatic heterocycles. The molecular weight excluding hydrogens is 340 g/mol. The summed E-state index contributed by atoms with van der Waals surface area (Å²) in [6, 6.07) is 5.43. The van der Waals surface area contributed by atoms with Crippen LogP contribution in [0.4, 0.5) is 4.79 Å². The van der Waals surface area contributed by atoms with Gasteiger partial charge in [0.15, 0.2) is 11.5 Å². The summed E-state index contributed by atoms with van der Waals surface area (Å²) in [5, 5.41) is 0.485. The second-order valence-electron chi connectivity index (χ2n) is 6.96. The Morgan fingerprint density at radius 1 is 1.12 bits per heavy atom. The third-order valence-electron chi connectivity index (χ3n) is 3.05. The van der Waals surface area contributed by atoms with Crippen molar-refractivity contribution in [2.75, 3.05) is 6.61 Å². The maximum Gasteiger partial charge on any atom is 0.513 e. The minimum atomic E-state index is -0.940. The summed E-state index contributed by atoms with van der Waals surface area (Å²) in [5.74, 6) is -0.844. The Labute approximate surface area is 150 Å². The maximum atomic E-state index is 11.9. The zero-order chi connectivity index (χ0) is 19.5. The highest BCUT2D eigenvalue weighted by molar-refractivity contribution is 5.90. The predicted octanol–water partition coefficient (Wildman–Crippen LogP) is 3.84. The van der Waals surface area contributed by atoms with E-state index in [0.29, 0.717) is 5.39 Å². The fraction of sp³-hybridized carbons (Fsp3) is 0.316. The largest absolute Gasteiger partial charge is 0.513 e. The molecule has 0 unspecified atom stereocenters. The fourth-order valence-corrected chi connectivity index (χ4v) is 1.82. The highest BCUT2D eigenvalue weighted by Crippen LogP contribution is 2.33. The summed E-state index contributed by atoms with van der Waals surface area (Å²) >= 11 is 0. The van der Waals surface area contributed by atoms with Crippen LogP contribution in [0.3, 0.4) is 0 Å². The molecule has 0 aliphatic heterocycles. The second-order valence-corrected chi connectivity index (χ2v) is 6.96. The molecule has 0 saturated heterocycles. The summed E-state index contributed by atoms with van der Waals surface area (Å²) in [7, 11) is 0. The molecule has 7 heteroatoms. The molecule has 138 valence electrons. The van der Waals surface area contributed by atoms with Crippen LogP contribution < -0.4 is 15.1 Å². The number of ether oxygens (including phenoxy) is 3. The Morgan fingerprint density at radius 2 is 1.77 bits per heavy atom. The van der Waals surface area contributed by atoms with Gasteiger partial charge in [-0.3, -0.25) is 0 Å². The molecule has 26 heavy (non-hydrogen) atoms. The molecule has 0 radical (unpaired) electrons. The molecule has 0 N–H and O–H groups in total. The van der Waals surface area contributed by atoms with E-state index in [9.17, 15) is 14.4 Å². The number of carbonyl (C=O) groups is 2. The molecule has 0 fully saturated rings. The zero-order valence-corrected chi connectivity index (χ0v) is 15.1. The van der Waals surface area contributed by atoms with Gasteiger partial charge < -0.3 is 18.6 Å². The van der Waals surface area contributed by atoms with Crippen molar-refractivity contribution in [2.24, 2.45) is 5.41 Å². The van der Waals surface area contributed by atoms with Crippen molar-refractivity contribution in [3.05, 3.63) is 46.8 Å². The van der Waals surface area contributed by atoms with Gasteiger partial charge in [-0.1, -0.05) is 27.4 Å². The molecule has 1 aromatic carbocycles. The van der Waals surface area contributed by atoms with E-state index >= 15 is 0 Å². The molecule has 0 spiro atoms. The number of hydrogen-bond donors (Lipinski definition) is 0. The molecule has 1 heterocycles. The highest BCUT2D eigenvalue weighted by atomic mass is 16.7. The summed E-state index contributed by atoms with van der Waals surface area (Å²) in [5.41, 5.74) is -0.465. The first-order valence-corrected chi connectivity index (χ1v) is 7.85. The van der Waals surface area contributed by atoms with Crippen molar-refractivity contribution in [1.29, 1.82) is 0 Å². The third-order valence-corrected chi connectivity index (χ3v) is 3.05. The summed E-state index contributed by atoms with van der Waals surface area (Å²) in [6.45, 7) is 10.8. The van der Waals surface area contributed by atoms with Gasteiger partial charge in [0.25, 0.3) is 0 Å². The van der Waals surface area contributed by atoms with Crippen molar-refractivity contribution in [2.45, 2.75) is 27.7 Å². The van der Waals surface area contributed by atoms with Gasteiger partial charge in [-0.05, 0) is 24.5 Å². The van der Waals surface area contributed by atoms with Gasteiger partial charge in [0, 0.05) is 23.1 Å². The van der Waals surface area contributed by atoms with E-state index in [4.69, 9.17) is 18.6 Å². The lowest BCUT2D eigenvalue weighted by molar-refractivity contribution is -0.130. The molecule has 0 bridgehead atoms. The number of rotatable bonds is 4. The van der Waals surface area contributed by atoms with E-state index in [0.717, 1.165) is 0 Å². The van der Waals surface area contributed by atoms with Crippen LogP contribution in [0.25, 0.3) is 11.0 Å². The van der Waals surface area contributed by atoms with E-state index in [1.807, 2.05) is 20.8 Å². The molecule has 0 saturated carbocycles. The molecule has 0 aliphatic rings. The lowest BCUT2D eigenvalue weighted by Gasteiger charge is -2.18. The lowest BCUT2D eigenvalue weighted by atomic mass is 9.99. The minimum absolute atomic E-state index is 0.0418. The van der Waals surface area contributed by atoms with E-state index in [1.165, 1.54) is 31.2 Å². The molecular formula is C19H20O7. The molecule has 2 rings (SSSR count). The van der Waals surface area contributed by atoms with Crippen LogP contribution in [0.5, 0.6) is 11.5 Å². The van der Waals surface area contributed by atoms with Crippen LogP contribution in [0.1, 0.15) is 27.7 Å². The van der Waals surface area contributed by atoms with Gasteiger partial charge in [-0.25, -0.2) is 14.4 Å². The minimum Gasteiger partial charge on any atom is -0.433 e. The lowest BCUT2D eigenvalue weighted by Crippen LogP contribution is -2.21. The number of hydrogen-bond acceptors (Lipinski definition) is 7. The molecule has 2 aromatic rings. The van der Waals surface area contributed by atoms with E-state index in [-0.39, 0.29) is 34.7 Å². The van der Waals surface area contributed by atoms with Crippen LogP contribution in [0.2, 0.25) is 0 Å². The van der Waals surface area contributed by atoms with Crippen molar-refractivity contribution < 1.29 is 28.2 Å². The maximum absolute atomic E-state index is 11.9. The van der Waals surface area contributed by atoms with Gasteiger partial charge in [-0.15, -0.1) is 0 Å². The van der Waals surface area contributed by atoms with Crippen LogP contribution in [0.15, 0.2) is 45.6 Å². The van der Waals surface area contributed by atoms with Gasteiger partial charge in [-0.2, -0.15) is 0 Å². The van der Waals surface area contributed by atoms with Crippen LogP contribution in [-0.2, 0) is 9.53 Å². The number of esters is 1. The quantitative estimate of drug-likeness (QED) is 0.269. The zero-order valence-electron chi connectivity index (χ0n) is 15.1. The van der Waals surface area contributed by atoms with Crippen LogP contribution in [-0.4, -0.2) is 18.7 Å². The van der Waals surface area contributed by atoms with Crippen LogP contribution >= 0.6 is 0 Å². The van der Waals surface area contributed by atoms with E-state index in [2.05, 4.69) is 6.58 Å². The predicted molar refractivity (Wildman–Crippen MR) is 94.4 cm³/mol. The summed E-state index contributed by atoms with van der Waals surface area (Å²) in [6.07, 6.45) is -0.940. The molecule has 0 atom stereocenters. The third kappa shape index (κ3) is 5.20. The topological polar surface area (TPSA) is 92.0 Å². The van der Waals surface area contributed by atoms with Crippen molar-refractivity contribution in [1.82, 2.24) is 0 Å². The normalized spacial score (nSPS) is 11.1. The number of carbonyl (C=O) groups excluding carboxylic acids is 2. The first kappa shape index (κ1) is 19.2. The van der Waals surface area contributed by atoms with Crippen LogP contribution in [0, 0.1) is 5.41 Å². The molecule has 0 amide bonds. The first-order chi connectivity index (χ1) is 12.0. The SMILES string of the molecule is C=C(C)C(=O)Oc1cc2oc(=O)ccc2cc1OC(=O)OCC(C)(C)C. The average Bonchev–Trinajstić information content (AvgIpc) is 2.53. The second kappa shape index (κ2) is 7.43.